The zero-order valence-electron chi connectivity index (χ0n) is 18.9. The number of aromatic nitrogens is 3. The average molecular weight is 488 g/mol. The first-order valence-electron chi connectivity index (χ1n) is 10.7. The third-order valence-electron chi connectivity index (χ3n) is 5.61. The lowest BCUT2D eigenvalue weighted by Gasteiger charge is -2.24. The van der Waals surface area contributed by atoms with E-state index in [1.165, 1.54) is 17.4 Å². The van der Waals surface area contributed by atoms with Gasteiger partial charge in [0.1, 0.15) is 11.3 Å². The number of likely N-dealkylation sites (N-methyl/N-ethyl adjacent to an activating group) is 1. The molecule has 0 spiro atoms. The number of halogens is 2. The van der Waals surface area contributed by atoms with E-state index in [0.717, 1.165) is 29.2 Å². The zero-order valence-corrected chi connectivity index (χ0v) is 20.5. The second-order valence-electron chi connectivity index (χ2n) is 7.46. The van der Waals surface area contributed by atoms with Crippen LogP contribution >= 0.6 is 23.7 Å². The molecular formula is C24H27ClFN5OS. The van der Waals surface area contributed by atoms with E-state index >= 15 is 0 Å². The quantitative estimate of drug-likeness (QED) is 0.336. The highest BCUT2D eigenvalue weighted by Crippen LogP contribution is 2.31. The molecule has 0 atom stereocenters. The number of amides is 1. The molecule has 4 aromatic rings. The number of benzene rings is 2. The first kappa shape index (κ1) is 24.8. The molecule has 0 unspecified atom stereocenters. The highest BCUT2D eigenvalue weighted by Gasteiger charge is 2.26. The summed E-state index contributed by atoms with van der Waals surface area (Å²) in [7, 11) is 0. The molecule has 0 N–H and O–H groups in total. The maximum Gasteiger partial charge on any atom is 0.263 e. The van der Waals surface area contributed by atoms with Crippen molar-refractivity contribution < 1.29 is 9.18 Å². The number of fused-ring (bicyclic) bond motifs is 1. The van der Waals surface area contributed by atoms with Crippen molar-refractivity contribution in [1.82, 2.24) is 19.7 Å². The minimum atomic E-state index is -0.380. The van der Waals surface area contributed by atoms with Crippen molar-refractivity contribution in [3.63, 3.8) is 0 Å². The fraction of sp³-hybridized carbons (Fsp3) is 0.292. The molecule has 6 nitrogen and oxygen atoms in total. The summed E-state index contributed by atoms with van der Waals surface area (Å²) in [6.45, 7) is 9.00. The van der Waals surface area contributed by atoms with Crippen LogP contribution in [0.3, 0.4) is 0 Å². The van der Waals surface area contributed by atoms with Crippen LogP contribution in [0, 0.1) is 12.7 Å². The predicted molar refractivity (Wildman–Crippen MR) is 135 cm³/mol. The van der Waals surface area contributed by atoms with Crippen LogP contribution in [0.5, 0.6) is 0 Å². The van der Waals surface area contributed by atoms with Gasteiger partial charge in [0.25, 0.3) is 5.91 Å². The molecule has 2 heterocycles. The number of hydrogen-bond donors (Lipinski definition) is 0. The monoisotopic (exact) mass is 487 g/mol. The van der Waals surface area contributed by atoms with Crippen LogP contribution in [0.1, 0.15) is 29.9 Å². The first-order chi connectivity index (χ1) is 15.5. The normalized spacial score (nSPS) is 11.1. The lowest BCUT2D eigenvalue weighted by molar-refractivity contribution is 0.0983. The second-order valence-corrected chi connectivity index (χ2v) is 8.47. The lowest BCUT2D eigenvalue weighted by atomic mass is 10.2. The van der Waals surface area contributed by atoms with Gasteiger partial charge in [-0.15, -0.1) is 12.4 Å². The summed E-state index contributed by atoms with van der Waals surface area (Å²) in [5.74, 6) is -0.564. The minimum absolute atomic E-state index is 0. The van der Waals surface area contributed by atoms with Crippen molar-refractivity contribution >= 4 is 45.0 Å². The van der Waals surface area contributed by atoms with E-state index in [-0.39, 0.29) is 24.1 Å². The van der Waals surface area contributed by atoms with E-state index < -0.39 is 0 Å². The summed E-state index contributed by atoms with van der Waals surface area (Å²) in [5, 5.41) is 4.94. The van der Waals surface area contributed by atoms with Gasteiger partial charge in [-0.1, -0.05) is 49.4 Å². The summed E-state index contributed by atoms with van der Waals surface area (Å²) >= 11 is 1.33. The molecule has 0 fully saturated rings. The zero-order chi connectivity index (χ0) is 22.7. The van der Waals surface area contributed by atoms with Gasteiger partial charge in [-0.3, -0.25) is 9.69 Å². The standard InChI is InChI=1S/C24H26FN5OS.ClH/c1-4-28(5-2)14-15-29(24-27-22-20(25)12-9-13-21(22)32-24)23(31)19-16-26-30(17(19)3)18-10-7-6-8-11-18;/h6-13,16H,4-5,14-15H2,1-3H3;1H. The number of rotatable bonds is 8. The largest absolute Gasteiger partial charge is 0.302 e. The molecule has 0 saturated carbocycles. The Hall–Kier alpha value is -2.81. The van der Waals surface area contributed by atoms with E-state index in [1.807, 2.05) is 43.3 Å². The van der Waals surface area contributed by atoms with Crippen LogP contribution in [0.2, 0.25) is 0 Å². The SMILES string of the molecule is CCN(CC)CCN(C(=O)c1cnn(-c2ccccc2)c1C)c1nc2c(F)cccc2s1.Cl. The van der Waals surface area contributed by atoms with Crippen LogP contribution in [0.4, 0.5) is 9.52 Å². The smallest absolute Gasteiger partial charge is 0.263 e. The van der Waals surface area contributed by atoms with E-state index in [0.29, 0.717) is 29.3 Å². The van der Waals surface area contributed by atoms with Gasteiger partial charge >= 0.3 is 0 Å². The minimum Gasteiger partial charge on any atom is -0.302 e. The fourth-order valence-electron chi connectivity index (χ4n) is 3.68. The van der Waals surface area contributed by atoms with Crippen molar-refractivity contribution in [2.45, 2.75) is 20.8 Å². The van der Waals surface area contributed by atoms with Crippen molar-refractivity contribution in [3.8, 4) is 5.69 Å². The Labute approximate surface area is 203 Å². The summed E-state index contributed by atoms with van der Waals surface area (Å²) in [6.07, 6.45) is 1.60. The molecule has 174 valence electrons. The number of para-hydroxylation sites is 2. The van der Waals surface area contributed by atoms with Gasteiger partial charge < -0.3 is 4.90 Å². The van der Waals surface area contributed by atoms with E-state index in [2.05, 4.69) is 28.8 Å². The lowest BCUT2D eigenvalue weighted by Crippen LogP contribution is -2.39. The summed E-state index contributed by atoms with van der Waals surface area (Å²) in [4.78, 5) is 22.1. The predicted octanol–water partition coefficient (Wildman–Crippen LogP) is 5.34. The Kier molecular flexibility index (Phi) is 8.18. The van der Waals surface area contributed by atoms with Crippen molar-refractivity contribution in [1.29, 1.82) is 0 Å². The molecule has 9 heteroatoms. The molecule has 2 aromatic heterocycles. The van der Waals surface area contributed by atoms with Crippen molar-refractivity contribution in [3.05, 3.63) is 71.8 Å². The van der Waals surface area contributed by atoms with Crippen molar-refractivity contribution in [2.75, 3.05) is 31.1 Å². The average Bonchev–Trinajstić information content (AvgIpc) is 3.41. The van der Waals surface area contributed by atoms with Crippen LogP contribution in [0.15, 0.2) is 54.7 Å². The maximum atomic E-state index is 14.3. The number of thiazole rings is 1. The molecule has 0 aliphatic rings. The van der Waals surface area contributed by atoms with Crippen LogP contribution in [0.25, 0.3) is 15.9 Å². The number of carbonyl (C=O) groups excluding carboxylic acids is 1. The third kappa shape index (κ3) is 5.08. The van der Waals surface area contributed by atoms with Gasteiger partial charge in [-0.25, -0.2) is 14.1 Å². The topological polar surface area (TPSA) is 54.3 Å². The molecule has 2 aromatic carbocycles. The van der Waals surface area contributed by atoms with Crippen LogP contribution in [-0.4, -0.2) is 51.8 Å². The molecule has 0 aliphatic carbocycles. The van der Waals surface area contributed by atoms with Crippen LogP contribution < -0.4 is 4.90 Å². The first-order valence-corrected chi connectivity index (χ1v) is 11.5. The highest BCUT2D eigenvalue weighted by molar-refractivity contribution is 7.22. The van der Waals surface area contributed by atoms with Gasteiger partial charge in [-0.2, -0.15) is 5.10 Å². The molecule has 0 saturated heterocycles. The Morgan fingerprint density at radius 3 is 2.45 bits per heavy atom. The highest BCUT2D eigenvalue weighted by atomic mass is 35.5. The Bertz CT molecular complexity index is 1220. The van der Waals surface area contributed by atoms with E-state index in [1.54, 1.807) is 21.8 Å². The maximum absolute atomic E-state index is 14.3. The van der Waals surface area contributed by atoms with Gasteiger partial charge in [0.2, 0.25) is 0 Å². The number of hydrogen-bond acceptors (Lipinski definition) is 5. The molecule has 33 heavy (non-hydrogen) atoms. The summed E-state index contributed by atoms with van der Waals surface area (Å²) < 4.78 is 16.8. The van der Waals surface area contributed by atoms with Gasteiger partial charge in [0.15, 0.2) is 5.13 Å². The molecular weight excluding hydrogens is 461 g/mol. The van der Waals surface area contributed by atoms with Crippen molar-refractivity contribution in [2.24, 2.45) is 0 Å². The third-order valence-corrected chi connectivity index (χ3v) is 6.65. The Morgan fingerprint density at radius 2 is 1.79 bits per heavy atom. The number of nitrogens with zero attached hydrogens (tertiary/aromatic N) is 5. The van der Waals surface area contributed by atoms with Gasteiger partial charge in [0, 0.05) is 13.1 Å². The summed E-state index contributed by atoms with van der Waals surface area (Å²) in [5.41, 5.74) is 2.44. The molecule has 4 rings (SSSR count). The number of carbonyl (C=O) groups is 1. The molecule has 1 amide bonds. The summed E-state index contributed by atoms with van der Waals surface area (Å²) in [6, 6.07) is 14.6. The van der Waals surface area contributed by atoms with E-state index in [4.69, 9.17) is 0 Å². The van der Waals surface area contributed by atoms with Crippen LogP contribution in [-0.2, 0) is 0 Å². The molecule has 0 bridgehead atoms. The van der Waals surface area contributed by atoms with Gasteiger partial charge in [-0.05, 0) is 44.3 Å². The Balaban J connectivity index is 0.00000306. The molecule has 0 radical (unpaired) electrons. The number of anilines is 1. The fourth-order valence-corrected chi connectivity index (χ4v) is 4.68. The van der Waals surface area contributed by atoms with Gasteiger partial charge in [0.05, 0.1) is 27.8 Å². The van der Waals surface area contributed by atoms with E-state index in [9.17, 15) is 9.18 Å². The Morgan fingerprint density at radius 1 is 1.06 bits per heavy atom. The second kappa shape index (κ2) is 10.9. The molecule has 0 aliphatic heterocycles.